The van der Waals surface area contributed by atoms with Crippen molar-refractivity contribution in [3.8, 4) is 0 Å². The van der Waals surface area contributed by atoms with Crippen LogP contribution >= 0.6 is 34.7 Å². The Morgan fingerprint density at radius 2 is 2.00 bits per heavy atom. The van der Waals surface area contributed by atoms with Crippen molar-refractivity contribution in [2.45, 2.75) is 11.4 Å². The molecular formula is C21H16ClN3OS2. The average molecular weight is 426 g/mol. The molecule has 28 heavy (non-hydrogen) atoms. The van der Waals surface area contributed by atoms with E-state index in [-0.39, 0.29) is 5.91 Å². The minimum atomic E-state index is -0.114. The number of halogens is 1. The summed E-state index contributed by atoms with van der Waals surface area (Å²) in [6, 6.07) is 18.9. The maximum Gasteiger partial charge on any atom is 0.260 e. The van der Waals surface area contributed by atoms with Gasteiger partial charge in [0.1, 0.15) is 5.52 Å². The third-order valence-corrected chi connectivity index (χ3v) is 6.27. The van der Waals surface area contributed by atoms with Crippen molar-refractivity contribution in [2.24, 2.45) is 0 Å². The maximum absolute atomic E-state index is 13.4. The van der Waals surface area contributed by atoms with E-state index < -0.39 is 0 Å². The van der Waals surface area contributed by atoms with Crippen LogP contribution < -0.4 is 4.90 Å². The third-order valence-electron chi connectivity index (χ3n) is 4.20. The highest BCUT2D eigenvalue weighted by Gasteiger charge is 2.23. The Balaban J connectivity index is 1.78. The van der Waals surface area contributed by atoms with Crippen LogP contribution in [-0.2, 0) is 6.54 Å². The SMILES string of the molecule is CSc1cccc(C(=O)N(Cc2ccccn2)c2nc3c(Cl)cccc3s2)c1. The summed E-state index contributed by atoms with van der Waals surface area (Å²) < 4.78 is 0.944. The number of carbonyl (C=O) groups is 1. The lowest BCUT2D eigenvalue weighted by Gasteiger charge is -2.20. The first-order valence-corrected chi connectivity index (χ1v) is 11.0. The zero-order chi connectivity index (χ0) is 19.5. The van der Waals surface area contributed by atoms with Gasteiger partial charge in [0.25, 0.3) is 5.91 Å². The Morgan fingerprint density at radius 3 is 2.75 bits per heavy atom. The van der Waals surface area contributed by atoms with Crippen molar-refractivity contribution in [3.63, 3.8) is 0 Å². The number of nitrogens with zero attached hydrogens (tertiary/aromatic N) is 3. The van der Waals surface area contributed by atoms with Crippen molar-refractivity contribution in [2.75, 3.05) is 11.2 Å². The number of fused-ring (bicyclic) bond motifs is 1. The van der Waals surface area contributed by atoms with Gasteiger partial charge >= 0.3 is 0 Å². The molecule has 4 rings (SSSR count). The van der Waals surface area contributed by atoms with Gasteiger partial charge in [0.2, 0.25) is 0 Å². The molecule has 0 saturated carbocycles. The maximum atomic E-state index is 13.4. The number of hydrogen-bond donors (Lipinski definition) is 0. The van der Waals surface area contributed by atoms with Gasteiger partial charge in [-0.3, -0.25) is 14.7 Å². The van der Waals surface area contributed by atoms with Gasteiger partial charge in [0.15, 0.2) is 5.13 Å². The summed E-state index contributed by atoms with van der Waals surface area (Å²) in [5, 5.41) is 1.18. The van der Waals surface area contributed by atoms with Crippen LogP contribution in [0.15, 0.2) is 71.8 Å². The minimum absolute atomic E-state index is 0.114. The topological polar surface area (TPSA) is 46.1 Å². The van der Waals surface area contributed by atoms with E-state index in [1.165, 1.54) is 11.3 Å². The Hall–Kier alpha value is -2.41. The summed E-state index contributed by atoms with van der Waals surface area (Å²) in [5.41, 5.74) is 2.12. The molecule has 0 atom stereocenters. The van der Waals surface area contributed by atoms with Crippen molar-refractivity contribution in [3.05, 3.63) is 83.1 Å². The first kappa shape index (κ1) is 18.9. The van der Waals surface area contributed by atoms with Gasteiger partial charge < -0.3 is 0 Å². The van der Waals surface area contributed by atoms with Crippen molar-refractivity contribution < 1.29 is 4.79 Å². The largest absolute Gasteiger partial charge is 0.278 e. The first-order valence-electron chi connectivity index (χ1n) is 8.56. The van der Waals surface area contributed by atoms with Gasteiger partial charge in [0.05, 0.1) is 22.0 Å². The molecule has 0 spiro atoms. The highest BCUT2D eigenvalue weighted by molar-refractivity contribution is 7.98. The Bertz CT molecular complexity index is 1130. The quantitative estimate of drug-likeness (QED) is 0.372. The highest BCUT2D eigenvalue weighted by Crippen LogP contribution is 2.34. The summed E-state index contributed by atoms with van der Waals surface area (Å²) in [6.45, 7) is 0.334. The van der Waals surface area contributed by atoms with E-state index in [4.69, 9.17) is 11.6 Å². The predicted molar refractivity (Wildman–Crippen MR) is 118 cm³/mol. The number of rotatable bonds is 5. The minimum Gasteiger partial charge on any atom is -0.278 e. The lowest BCUT2D eigenvalue weighted by Crippen LogP contribution is -2.30. The van der Waals surface area contributed by atoms with Gasteiger partial charge in [-0.15, -0.1) is 11.8 Å². The molecular weight excluding hydrogens is 410 g/mol. The molecule has 0 fully saturated rings. The Labute approximate surface area is 176 Å². The van der Waals surface area contributed by atoms with E-state index in [1.807, 2.05) is 60.9 Å². The molecule has 2 heterocycles. The Morgan fingerprint density at radius 1 is 1.14 bits per heavy atom. The van der Waals surface area contributed by atoms with E-state index in [0.29, 0.717) is 27.8 Å². The molecule has 140 valence electrons. The second kappa shape index (κ2) is 8.31. The number of carbonyl (C=O) groups excluding carboxylic acids is 1. The molecule has 0 N–H and O–H groups in total. The van der Waals surface area contributed by atoms with Crippen molar-refractivity contribution in [1.29, 1.82) is 0 Å². The number of para-hydroxylation sites is 1. The molecule has 0 radical (unpaired) electrons. The van der Waals surface area contributed by atoms with Crippen LogP contribution in [0.3, 0.4) is 0 Å². The van der Waals surface area contributed by atoms with Gasteiger partial charge in [-0.05, 0) is 48.7 Å². The molecule has 1 amide bonds. The van der Waals surface area contributed by atoms with Gasteiger partial charge in [0, 0.05) is 16.7 Å². The number of aromatic nitrogens is 2. The zero-order valence-corrected chi connectivity index (χ0v) is 17.4. The number of amides is 1. The third kappa shape index (κ3) is 3.90. The molecule has 0 aliphatic carbocycles. The van der Waals surface area contributed by atoms with Crippen LogP contribution in [0, 0.1) is 0 Å². The van der Waals surface area contributed by atoms with E-state index in [9.17, 15) is 4.79 Å². The molecule has 0 saturated heterocycles. The first-order chi connectivity index (χ1) is 13.7. The lowest BCUT2D eigenvalue weighted by atomic mass is 10.2. The molecule has 0 aliphatic heterocycles. The molecule has 4 aromatic rings. The van der Waals surface area contributed by atoms with Gasteiger partial charge in [-0.25, -0.2) is 4.98 Å². The van der Waals surface area contributed by atoms with Crippen LogP contribution in [0.1, 0.15) is 16.1 Å². The standard InChI is InChI=1S/C21H16ClN3OS2/c1-27-16-8-4-6-14(12-16)20(26)25(13-15-7-2-3-11-23-15)21-24-19-17(22)9-5-10-18(19)28-21/h2-12H,13H2,1H3. The van der Waals surface area contributed by atoms with Crippen LogP contribution in [0.4, 0.5) is 5.13 Å². The summed E-state index contributed by atoms with van der Waals surface area (Å²) >= 11 is 9.35. The average Bonchev–Trinajstić information content (AvgIpc) is 3.18. The Kier molecular flexibility index (Phi) is 5.62. The normalized spacial score (nSPS) is 10.9. The smallest absolute Gasteiger partial charge is 0.260 e. The second-order valence-corrected chi connectivity index (χ2v) is 8.32. The molecule has 2 aromatic heterocycles. The number of benzene rings is 2. The van der Waals surface area contributed by atoms with Crippen LogP contribution in [-0.4, -0.2) is 22.1 Å². The van der Waals surface area contributed by atoms with E-state index in [0.717, 1.165) is 15.3 Å². The number of pyridine rings is 1. The number of anilines is 1. The van der Waals surface area contributed by atoms with E-state index >= 15 is 0 Å². The lowest BCUT2D eigenvalue weighted by molar-refractivity contribution is 0.0984. The van der Waals surface area contributed by atoms with Crippen LogP contribution in [0.2, 0.25) is 5.02 Å². The molecule has 0 aliphatic rings. The van der Waals surface area contributed by atoms with Crippen molar-refractivity contribution in [1.82, 2.24) is 9.97 Å². The summed E-state index contributed by atoms with van der Waals surface area (Å²) in [7, 11) is 0. The molecule has 0 bridgehead atoms. The fourth-order valence-corrected chi connectivity index (χ4v) is 4.53. The van der Waals surface area contributed by atoms with Crippen LogP contribution in [0.25, 0.3) is 10.2 Å². The summed E-state index contributed by atoms with van der Waals surface area (Å²) in [4.78, 5) is 25.1. The van der Waals surface area contributed by atoms with Crippen molar-refractivity contribution >= 4 is 56.0 Å². The zero-order valence-electron chi connectivity index (χ0n) is 15.0. The van der Waals surface area contributed by atoms with E-state index in [2.05, 4.69) is 9.97 Å². The molecule has 2 aromatic carbocycles. The monoisotopic (exact) mass is 425 g/mol. The fraction of sp³-hybridized carbons (Fsp3) is 0.0952. The molecule has 0 unspecified atom stereocenters. The van der Waals surface area contributed by atoms with Crippen LogP contribution in [0.5, 0.6) is 0 Å². The highest BCUT2D eigenvalue weighted by atomic mass is 35.5. The van der Waals surface area contributed by atoms with Gasteiger partial charge in [-0.2, -0.15) is 0 Å². The fourth-order valence-electron chi connectivity index (χ4n) is 2.81. The summed E-state index contributed by atoms with van der Waals surface area (Å²) in [6.07, 6.45) is 3.71. The molecule has 4 nitrogen and oxygen atoms in total. The second-order valence-electron chi connectivity index (χ2n) is 6.03. The van der Waals surface area contributed by atoms with E-state index in [1.54, 1.807) is 28.9 Å². The number of hydrogen-bond acceptors (Lipinski definition) is 5. The van der Waals surface area contributed by atoms with Gasteiger partial charge in [-0.1, -0.05) is 41.1 Å². The number of thiazole rings is 1. The summed E-state index contributed by atoms with van der Waals surface area (Å²) in [5.74, 6) is -0.114. The number of thioether (sulfide) groups is 1. The molecule has 7 heteroatoms. The predicted octanol–water partition coefficient (Wildman–Crippen LogP) is 5.91.